The highest BCUT2D eigenvalue weighted by Crippen LogP contribution is 2.15. The Bertz CT molecular complexity index is 1150. The van der Waals surface area contributed by atoms with Gasteiger partial charge in [-0.15, -0.1) is 9.75 Å². The van der Waals surface area contributed by atoms with Gasteiger partial charge in [-0.05, 0) is 29.8 Å². The van der Waals surface area contributed by atoms with Crippen LogP contribution < -0.4 is 9.79 Å². The van der Waals surface area contributed by atoms with Crippen molar-refractivity contribution in [1.82, 2.24) is 15.1 Å². The number of benzene rings is 2. The highest BCUT2D eigenvalue weighted by atomic mass is 16.7. The molecule has 0 bridgehead atoms. The standard InChI is InChI=1S/C19H15N5O5/c1-22-14-4-2-3-5-15(14)24(21-22)20-18(27)12-6-8-13(9-7-12)19(28)29-23-16(25)10-11-17(23)26/h2-9H,10-11H2,1H3. The Labute approximate surface area is 164 Å². The third kappa shape index (κ3) is 3.43. The van der Waals surface area contributed by atoms with Crippen LogP contribution in [0.25, 0.3) is 11.0 Å². The van der Waals surface area contributed by atoms with Crippen molar-refractivity contribution in [2.45, 2.75) is 12.8 Å². The Morgan fingerprint density at radius 2 is 1.69 bits per heavy atom. The zero-order chi connectivity index (χ0) is 20.5. The first-order valence-corrected chi connectivity index (χ1v) is 8.72. The fraction of sp³-hybridized carbons (Fsp3) is 0.158. The minimum absolute atomic E-state index is 0.0148. The summed E-state index contributed by atoms with van der Waals surface area (Å²) < 4.78 is 1.60. The zero-order valence-corrected chi connectivity index (χ0v) is 15.3. The van der Waals surface area contributed by atoms with Crippen molar-refractivity contribution in [3.8, 4) is 0 Å². The minimum Gasteiger partial charge on any atom is -0.856 e. The summed E-state index contributed by atoms with van der Waals surface area (Å²) in [5, 5.41) is 21.1. The second-order valence-corrected chi connectivity index (χ2v) is 6.33. The van der Waals surface area contributed by atoms with Gasteiger partial charge in [-0.1, -0.05) is 29.4 Å². The predicted octanol–water partition coefficient (Wildman–Crippen LogP) is -0.348. The SMILES string of the molecule is C[n+]1nn(/N=C(\[O-])c2ccc(C(=O)ON3C(=O)CCC3=O)cc2)c2ccccc21. The highest BCUT2D eigenvalue weighted by Gasteiger charge is 2.33. The van der Waals surface area contributed by atoms with Gasteiger partial charge in [0.05, 0.1) is 5.56 Å². The summed E-state index contributed by atoms with van der Waals surface area (Å²) >= 11 is 0. The monoisotopic (exact) mass is 393 g/mol. The average molecular weight is 393 g/mol. The number of carbonyl (C=O) groups excluding carboxylic acids is 3. The van der Waals surface area contributed by atoms with Crippen molar-refractivity contribution < 1.29 is 29.0 Å². The molecule has 1 aromatic heterocycles. The fourth-order valence-corrected chi connectivity index (χ4v) is 2.89. The van der Waals surface area contributed by atoms with E-state index in [0.29, 0.717) is 10.6 Å². The Kier molecular flexibility index (Phi) is 4.51. The third-order valence-corrected chi connectivity index (χ3v) is 4.40. The molecule has 1 saturated heterocycles. The average Bonchev–Trinajstić information content (AvgIpc) is 3.22. The molecule has 1 aliphatic heterocycles. The smallest absolute Gasteiger partial charge is 0.363 e. The largest absolute Gasteiger partial charge is 0.856 e. The van der Waals surface area contributed by atoms with Crippen molar-refractivity contribution in [1.29, 1.82) is 0 Å². The van der Waals surface area contributed by atoms with Crippen LogP contribution in [0.15, 0.2) is 53.6 Å². The van der Waals surface area contributed by atoms with E-state index in [4.69, 9.17) is 4.84 Å². The molecule has 0 saturated carbocycles. The highest BCUT2D eigenvalue weighted by molar-refractivity contribution is 6.03. The number of hydrogen-bond acceptors (Lipinski definition) is 7. The molecule has 3 aromatic rings. The van der Waals surface area contributed by atoms with E-state index in [1.54, 1.807) is 17.8 Å². The maximum Gasteiger partial charge on any atom is 0.363 e. The summed E-state index contributed by atoms with van der Waals surface area (Å²) in [5.74, 6) is -2.54. The van der Waals surface area contributed by atoms with Gasteiger partial charge in [0, 0.05) is 23.5 Å². The lowest BCUT2D eigenvalue weighted by Crippen LogP contribution is -2.32. The molecule has 2 aromatic carbocycles. The van der Waals surface area contributed by atoms with Gasteiger partial charge in [0.1, 0.15) is 12.3 Å². The van der Waals surface area contributed by atoms with E-state index < -0.39 is 23.7 Å². The number of hydrogen-bond donors (Lipinski definition) is 0. The maximum absolute atomic E-state index is 12.5. The first-order chi connectivity index (χ1) is 13.9. The zero-order valence-electron chi connectivity index (χ0n) is 15.3. The van der Waals surface area contributed by atoms with Crippen molar-refractivity contribution in [3.05, 3.63) is 59.7 Å². The number of carbonyl (C=O) groups is 3. The Morgan fingerprint density at radius 3 is 2.38 bits per heavy atom. The molecule has 0 spiro atoms. The van der Waals surface area contributed by atoms with Crippen LogP contribution >= 0.6 is 0 Å². The molecule has 10 nitrogen and oxygen atoms in total. The van der Waals surface area contributed by atoms with Gasteiger partial charge in [0.15, 0.2) is 0 Å². The molecule has 0 aliphatic carbocycles. The fourth-order valence-electron chi connectivity index (χ4n) is 2.89. The maximum atomic E-state index is 12.5. The van der Waals surface area contributed by atoms with Gasteiger partial charge in [0.2, 0.25) is 11.0 Å². The van der Waals surface area contributed by atoms with Gasteiger partial charge in [-0.3, -0.25) is 9.59 Å². The topological polar surface area (TPSA) is 121 Å². The van der Waals surface area contributed by atoms with Crippen LogP contribution in [0.3, 0.4) is 0 Å². The number of nitrogens with zero attached hydrogens (tertiary/aromatic N) is 5. The summed E-state index contributed by atoms with van der Waals surface area (Å²) in [7, 11) is 1.75. The van der Waals surface area contributed by atoms with Crippen LogP contribution in [-0.4, -0.2) is 38.7 Å². The molecule has 2 amide bonds. The van der Waals surface area contributed by atoms with E-state index in [2.05, 4.69) is 10.3 Å². The number of fused-ring (bicyclic) bond motifs is 1. The minimum atomic E-state index is -0.866. The number of imide groups is 1. The first kappa shape index (κ1) is 18.3. The molecule has 0 N–H and O–H groups in total. The van der Waals surface area contributed by atoms with Gasteiger partial charge in [-0.25, -0.2) is 4.79 Å². The Balaban J connectivity index is 1.54. The Morgan fingerprint density at radius 1 is 1.07 bits per heavy atom. The number of hydroxylamine groups is 2. The van der Waals surface area contributed by atoms with Gasteiger partial charge in [0.25, 0.3) is 11.8 Å². The second kappa shape index (κ2) is 7.15. The molecule has 0 unspecified atom stereocenters. The summed E-state index contributed by atoms with van der Waals surface area (Å²) in [6.07, 6.45) is 0.0296. The molecule has 1 fully saturated rings. The Hall–Kier alpha value is -4.08. The van der Waals surface area contributed by atoms with E-state index in [9.17, 15) is 19.5 Å². The number of rotatable bonds is 4. The molecule has 29 heavy (non-hydrogen) atoms. The van der Waals surface area contributed by atoms with E-state index in [0.717, 1.165) is 5.52 Å². The van der Waals surface area contributed by atoms with Crippen LogP contribution in [0.2, 0.25) is 0 Å². The lowest BCUT2D eigenvalue weighted by Gasteiger charge is -2.13. The number of aromatic nitrogens is 3. The number of para-hydroxylation sites is 2. The lowest BCUT2D eigenvalue weighted by molar-refractivity contribution is -0.709. The first-order valence-electron chi connectivity index (χ1n) is 8.72. The summed E-state index contributed by atoms with van der Waals surface area (Å²) in [5.41, 5.74) is 1.80. The second-order valence-electron chi connectivity index (χ2n) is 6.33. The predicted molar refractivity (Wildman–Crippen MR) is 95.8 cm³/mol. The van der Waals surface area contributed by atoms with E-state index >= 15 is 0 Å². The van der Waals surface area contributed by atoms with Crippen molar-refractivity contribution in [3.63, 3.8) is 0 Å². The van der Waals surface area contributed by atoms with Crippen LogP contribution in [0, 0.1) is 0 Å². The van der Waals surface area contributed by atoms with Crippen molar-refractivity contribution >= 4 is 34.7 Å². The van der Waals surface area contributed by atoms with E-state index in [1.165, 1.54) is 29.1 Å². The van der Waals surface area contributed by atoms with Crippen molar-refractivity contribution in [2.75, 3.05) is 0 Å². The van der Waals surface area contributed by atoms with E-state index in [-0.39, 0.29) is 24.0 Å². The van der Waals surface area contributed by atoms with E-state index in [1.807, 2.05) is 18.2 Å². The molecule has 0 radical (unpaired) electrons. The van der Waals surface area contributed by atoms with Crippen molar-refractivity contribution in [2.24, 2.45) is 12.1 Å². The van der Waals surface area contributed by atoms with Gasteiger partial charge in [-0.2, -0.15) is 0 Å². The summed E-state index contributed by atoms with van der Waals surface area (Å²) in [6.45, 7) is 0. The normalized spacial score (nSPS) is 14.7. The van der Waals surface area contributed by atoms with Crippen LogP contribution in [-0.2, 0) is 21.5 Å². The summed E-state index contributed by atoms with van der Waals surface area (Å²) in [6, 6.07) is 12.8. The lowest BCUT2D eigenvalue weighted by atomic mass is 10.1. The van der Waals surface area contributed by atoms with Crippen LogP contribution in [0.4, 0.5) is 0 Å². The summed E-state index contributed by atoms with van der Waals surface area (Å²) in [4.78, 5) is 41.2. The van der Waals surface area contributed by atoms with Gasteiger partial charge >= 0.3 is 5.97 Å². The molecule has 0 atom stereocenters. The molecular weight excluding hydrogens is 378 g/mol. The third-order valence-electron chi connectivity index (χ3n) is 4.40. The van der Waals surface area contributed by atoms with Crippen LogP contribution in [0.5, 0.6) is 0 Å². The van der Waals surface area contributed by atoms with Crippen LogP contribution in [0.1, 0.15) is 28.8 Å². The number of aryl methyl sites for hydroxylation is 1. The molecular formula is C19H15N5O5. The molecule has 10 heteroatoms. The number of amides is 2. The molecule has 1 aliphatic rings. The quantitative estimate of drug-likeness (QED) is 0.259. The molecule has 146 valence electrons. The van der Waals surface area contributed by atoms with Gasteiger partial charge < -0.3 is 9.94 Å². The molecule has 4 rings (SSSR count). The molecule has 2 heterocycles.